The summed E-state index contributed by atoms with van der Waals surface area (Å²) in [6.45, 7) is 1.57. The molecule has 8 heteroatoms. The number of nitrogens with zero attached hydrogens (tertiary/aromatic N) is 1. The number of ether oxygens (including phenoxy) is 1. The Bertz CT molecular complexity index is 509. The highest BCUT2D eigenvalue weighted by molar-refractivity contribution is 5.55. The molecule has 1 heterocycles. The number of rotatable bonds is 3. The van der Waals surface area contributed by atoms with Crippen molar-refractivity contribution in [3.8, 4) is 0 Å². The number of nitro benzene ring substituents is 1. The van der Waals surface area contributed by atoms with Crippen LogP contribution in [0.4, 0.5) is 11.4 Å². The third-order valence-electron chi connectivity index (χ3n) is 3.22. The predicted molar refractivity (Wildman–Crippen MR) is 69.2 cm³/mol. The molecule has 1 fully saturated rings. The molecule has 20 heavy (non-hydrogen) atoms. The SMILES string of the molecule is Cc1cc([N+](=O)[O-])ccc1N[C@@H]1OC[C@H](O)[C@H](O)[C@@H]1O. The molecule has 1 saturated heterocycles. The highest BCUT2D eigenvalue weighted by Gasteiger charge is 2.37. The van der Waals surface area contributed by atoms with Crippen LogP contribution in [0.5, 0.6) is 0 Å². The molecule has 1 aliphatic heterocycles. The van der Waals surface area contributed by atoms with Gasteiger partial charge in [-0.25, -0.2) is 0 Å². The smallest absolute Gasteiger partial charge is 0.269 e. The first-order chi connectivity index (χ1) is 9.40. The first kappa shape index (κ1) is 14.7. The number of aryl methyl sites for hydroxylation is 1. The quantitative estimate of drug-likeness (QED) is 0.445. The Balaban J connectivity index is 2.12. The largest absolute Gasteiger partial charge is 0.388 e. The summed E-state index contributed by atoms with van der Waals surface area (Å²) < 4.78 is 5.20. The number of nitro groups is 1. The minimum atomic E-state index is -1.31. The van der Waals surface area contributed by atoms with Gasteiger partial charge in [-0.05, 0) is 18.6 Å². The van der Waals surface area contributed by atoms with Gasteiger partial charge in [0.2, 0.25) is 0 Å². The average Bonchev–Trinajstić information content (AvgIpc) is 2.41. The van der Waals surface area contributed by atoms with Crippen molar-refractivity contribution >= 4 is 11.4 Å². The molecule has 1 aromatic rings. The summed E-state index contributed by atoms with van der Waals surface area (Å²) in [4.78, 5) is 10.1. The van der Waals surface area contributed by atoms with E-state index in [2.05, 4.69) is 5.32 Å². The van der Waals surface area contributed by atoms with E-state index in [1.807, 2.05) is 0 Å². The minimum absolute atomic E-state index is 0.0337. The Hall–Kier alpha value is -1.74. The third kappa shape index (κ3) is 2.88. The molecule has 1 aliphatic rings. The molecule has 0 spiro atoms. The van der Waals surface area contributed by atoms with E-state index in [4.69, 9.17) is 4.74 Å². The summed E-state index contributed by atoms with van der Waals surface area (Å²) >= 11 is 0. The molecule has 4 atom stereocenters. The zero-order valence-electron chi connectivity index (χ0n) is 10.8. The molecular weight excluding hydrogens is 268 g/mol. The molecule has 8 nitrogen and oxygen atoms in total. The number of hydrogen-bond acceptors (Lipinski definition) is 7. The summed E-state index contributed by atoms with van der Waals surface area (Å²) in [5, 5.41) is 42.2. The van der Waals surface area contributed by atoms with E-state index in [-0.39, 0.29) is 12.3 Å². The van der Waals surface area contributed by atoms with E-state index in [1.54, 1.807) is 6.92 Å². The van der Waals surface area contributed by atoms with Crippen molar-refractivity contribution in [1.29, 1.82) is 0 Å². The van der Waals surface area contributed by atoms with Crippen molar-refractivity contribution in [2.45, 2.75) is 31.5 Å². The second kappa shape index (κ2) is 5.71. The van der Waals surface area contributed by atoms with Crippen molar-refractivity contribution in [2.24, 2.45) is 0 Å². The van der Waals surface area contributed by atoms with Gasteiger partial charge in [-0.1, -0.05) is 0 Å². The first-order valence-corrected chi connectivity index (χ1v) is 6.07. The van der Waals surface area contributed by atoms with Gasteiger partial charge in [0.05, 0.1) is 11.5 Å². The highest BCUT2D eigenvalue weighted by Crippen LogP contribution is 2.24. The molecule has 2 rings (SSSR count). The Kier molecular flexibility index (Phi) is 4.19. The number of anilines is 1. The van der Waals surface area contributed by atoms with Gasteiger partial charge in [0.15, 0.2) is 6.23 Å². The zero-order chi connectivity index (χ0) is 14.9. The fourth-order valence-electron chi connectivity index (χ4n) is 2.01. The fraction of sp³-hybridized carbons (Fsp3) is 0.500. The topological polar surface area (TPSA) is 125 Å². The lowest BCUT2D eigenvalue weighted by molar-refractivity contribution is -0.384. The minimum Gasteiger partial charge on any atom is -0.388 e. The standard InChI is InChI=1S/C12H16N2O6/c1-6-4-7(14(18)19)2-3-8(6)13-12-11(17)10(16)9(15)5-20-12/h2-4,9-13,15-17H,5H2,1H3/t9-,10-,11-,12+/m0/s1. The molecule has 0 amide bonds. The highest BCUT2D eigenvalue weighted by atomic mass is 16.6. The summed E-state index contributed by atoms with van der Waals surface area (Å²) in [5.41, 5.74) is 1.12. The maximum Gasteiger partial charge on any atom is 0.269 e. The van der Waals surface area contributed by atoms with Crippen LogP contribution < -0.4 is 5.32 Å². The second-order valence-electron chi connectivity index (χ2n) is 4.70. The third-order valence-corrected chi connectivity index (χ3v) is 3.22. The molecule has 1 aromatic carbocycles. The van der Waals surface area contributed by atoms with E-state index in [1.165, 1.54) is 18.2 Å². The van der Waals surface area contributed by atoms with Gasteiger partial charge in [0.1, 0.15) is 18.3 Å². The summed E-state index contributed by atoms with van der Waals surface area (Å²) in [6.07, 6.45) is -4.64. The molecule has 0 radical (unpaired) electrons. The van der Waals surface area contributed by atoms with Crippen LogP contribution in [0.2, 0.25) is 0 Å². The number of nitrogens with one attached hydrogen (secondary N) is 1. The van der Waals surface area contributed by atoms with Crippen molar-refractivity contribution in [2.75, 3.05) is 11.9 Å². The van der Waals surface area contributed by atoms with E-state index in [9.17, 15) is 25.4 Å². The Morgan fingerprint density at radius 3 is 2.65 bits per heavy atom. The number of aliphatic hydroxyl groups excluding tert-OH is 3. The molecule has 4 N–H and O–H groups in total. The Morgan fingerprint density at radius 1 is 1.35 bits per heavy atom. The van der Waals surface area contributed by atoms with Gasteiger partial charge in [-0.15, -0.1) is 0 Å². The fourth-order valence-corrected chi connectivity index (χ4v) is 2.01. The monoisotopic (exact) mass is 284 g/mol. The Morgan fingerprint density at radius 2 is 2.05 bits per heavy atom. The molecule has 0 aliphatic carbocycles. The Labute approximate surface area is 114 Å². The van der Waals surface area contributed by atoms with Crippen LogP contribution in [0.3, 0.4) is 0 Å². The van der Waals surface area contributed by atoms with E-state index >= 15 is 0 Å². The summed E-state index contributed by atoms with van der Waals surface area (Å²) in [7, 11) is 0. The van der Waals surface area contributed by atoms with Gasteiger partial charge in [-0.3, -0.25) is 10.1 Å². The van der Waals surface area contributed by atoms with Crippen LogP contribution in [0.25, 0.3) is 0 Å². The van der Waals surface area contributed by atoms with Crippen molar-refractivity contribution in [3.63, 3.8) is 0 Å². The van der Waals surface area contributed by atoms with Gasteiger partial charge >= 0.3 is 0 Å². The normalized spacial score (nSPS) is 30.0. The van der Waals surface area contributed by atoms with Crippen molar-refractivity contribution in [1.82, 2.24) is 0 Å². The predicted octanol–water partition coefficient (Wildman–Crippen LogP) is -0.246. The van der Waals surface area contributed by atoms with Crippen LogP contribution in [0, 0.1) is 17.0 Å². The van der Waals surface area contributed by atoms with Crippen LogP contribution in [-0.4, -0.2) is 51.4 Å². The maximum atomic E-state index is 10.6. The van der Waals surface area contributed by atoms with Gasteiger partial charge in [0.25, 0.3) is 5.69 Å². The van der Waals surface area contributed by atoms with E-state index in [0.717, 1.165) is 0 Å². The van der Waals surface area contributed by atoms with Crippen LogP contribution >= 0.6 is 0 Å². The zero-order valence-corrected chi connectivity index (χ0v) is 10.8. The number of benzene rings is 1. The molecule has 110 valence electrons. The lowest BCUT2D eigenvalue weighted by atomic mass is 10.0. The molecular formula is C12H16N2O6. The van der Waals surface area contributed by atoms with Gasteiger partial charge < -0.3 is 25.4 Å². The van der Waals surface area contributed by atoms with Crippen molar-refractivity contribution < 1.29 is 25.0 Å². The molecule has 0 saturated carbocycles. The van der Waals surface area contributed by atoms with E-state index < -0.39 is 29.5 Å². The van der Waals surface area contributed by atoms with Crippen LogP contribution in [-0.2, 0) is 4.74 Å². The summed E-state index contributed by atoms with van der Waals surface area (Å²) in [5.74, 6) is 0. The summed E-state index contributed by atoms with van der Waals surface area (Å²) in [6, 6.07) is 4.22. The van der Waals surface area contributed by atoms with Gasteiger partial charge in [0, 0.05) is 17.8 Å². The number of non-ortho nitro benzene ring substituents is 1. The number of aliphatic hydroxyl groups is 3. The molecule has 0 bridgehead atoms. The second-order valence-corrected chi connectivity index (χ2v) is 4.70. The van der Waals surface area contributed by atoms with E-state index in [0.29, 0.717) is 11.3 Å². The average molecular weight is 284 g/mol. The van der Waals surface area contributed by atoms with Gasteiger partial charge in [-0.2, -0.15) is 0 Å². The number of hydrogen-bond donors (Lipinski definition) is 4. The maximum absolute atomic E-state index is 10.6. The van der Waals surface area contributed by atoms with Crippen LogP contribution in [0.15, 0.2) is 18.2 Å². The lowest BCUT2D eigenvalue weighted by Crippen LogP contribution is -2.55. The lowest BCUT2D eigenvalue weighted by Gasteiger charge is -2.36. The molecule has 0 aromatic heterocycles. The first-order valence-electron chi connectivity index (χ1n) is 6.07. The van der Waals surface area contributed by atoms with Crippen LogP contribution in [0.1, 0.15) is 5.56 Å². The molecule has 0 unspecified atom stereocenters. The van der Waals surface area contributed by atoms with Crippen molar-refractivity contribution in [3.05, 3.63) is 33.9 Å².